The molecule has 0 saturated carbocycles. The highest BCUT2D eigenvalue weighted by Gasteiger charge is 1.98. The van der Waals surface area contributed by atoms with Gasteiger partial charge in [-0.05, 0) is 0 Å². The second-order valence-corrected chi connectivity index (χ2v) is 1.21. The monoisotopic (exact) mass is 99.0 g/mol. The van der Waals surface area contributed by atoms with Gasteiger partial charge in [-0.3, -0.25) is 0 Å². The molecule has 1 aliphatic heterocycles. The molecule has 38 valence electrons. The maximum atomic E-state index is 8.23. The van der Waals surface area contributed by atoms with Crippen LogP contribution < -0.4 is 0 Å². The third kappa shape index (κ3) is 0.707. The van der Waals surface area contributed by atoms with Crippen LogP contribution in [0, 0.1) is 0 Å². The summed E-state index contributed by atoms with van der Waals surface area (Å²) in [6.07, 6.45) is 2.45. The van der Waals surface area contributed by atoms with Gasteiger partial charge in [0.05, 0.1) is 12.5 Å². The van der Waals surface area contributed by atoms with Crippen molar-refractivity contribution in [3.05, 3.63) is 11.8 Å². The molecular formula is C4H5NO2. The summed E-state index contributed by atoms with van der Waals surface area (Å²) in [6, 6.07) is 0. The van der Waals surface area contributed by atoms with Crippen LogP contribution in [0.4, 0.5) is 0 Å². The van der Waals surface area contributed by atoms with Gasteiger partial charge in [0.15, 0.2) is 0 Å². The number of aliphatic hydroxyl groups excluding tert-OH is 1. The van der Waals surface area contributed by atoms with Crippen LogP contribution in [0.15, 0.2) is 17.0 Å². The molecule has 0 atom stereocenters. The minimum Gasteiger partial charge on any atom is -0.515 e. The summed E-state index contributed by atoms with van der Waals surface area (Å²) in [5.41, 5.74) is 0.708. The van der Waals surface area contributed by atoms with E-state index in [1.807, 2.05) is 0 Å². The lowest BCUT2D eigenvalue weighted by molar-refractivity contribution is 0.186. The van der Waals surface area contributed by atoms with Crippen molar-refractivity contribution in [1.29, 1.82) is 0 Å². The van der Waals surface area contributed by atoms with E-state index in [1.165, 1.54) is 6.21 Å². The molecule has 0 aromatic carbocycles. The molecular weight excluding hydrogens is 94.0 g/mol. The topological polar surface area (TPSA) is 41.8 Å². The maximum absolute atomic E-state index is 8.23. The van der Waals surface area contributed by atoms with Gasteiger partial charge in [-0.2, -0.15) is 0 Å². The van der Waals surface area contributed by atoms with Gasteiger partial charge in [0.1, 0.15) is 6.61 Å². The number of rotatable bonds is 0. The summed E-state index contributed by atoms with van der Waals surface area (Å²) in [4.78, 5) is 4.49. The number of hydrogen-bond donors (Lipinski definition) is 1. The lowest BCUT2D eigenvalue weighted by atomic mass is 10.4. The number of oxime groups is 1. The third-order valence-corrected chi connectivity index (χ3v) is 0.690. The van der Waals surface area contributed by atoms with Crippen molar-refractivity contribution >= 4 is 6.21 Å². The third-order valence-electron chi connectivity index (χ3n) is 0.690. The number of nitrogens with zero attached hydrogens (tertiary/aromatic N) is 1. The molecule has 0 aromatic heterocycles. The molecule has 0 radical (unpaired) electrons. The fourth-order valence-electron chi connectivity index (χ4n) is 0.325. The zero-order valence-electron chi connectivity index (χ0n) is 3.66. The fourth-order valence-corrected chi connectivity index (χ4v) is 0.325. The Morgan fingerprint density at radius 1 is 2.00 bits per heavy atom. The van der Waals surface area contributed by atoms with E-state index >= 15 is 0 Å². The Hall–Kier alpha value is -0.990. The molecule has 3 heteroatoms. The van der Waals surface area contributed by atoms with Gasteiger partial charge < -0.3 is 9.94 Å². The van der Waals surface area contributed by atoms with E-state index in [9.17, 15) is 0 Å². The molecule has 0 aromatic rings. The van der Waals surface area contributed by atoms with E-state index in [-0.39, 0.29) is 0 Å². The van der Waals surface area contributed by atoms with Gasteiger partial charge in [0.25, 0.3) is 0 Å². The van der Waals surface area contributed by atoms with Gasteiger partial charge in [0.2, 0.25) is 0 Å². The van der Waals surface area contributed by atoms with Gasteiger partial charge >= 0.3 is 0 Å². The second kappa shape index (κ2) is 1.64. The summed E-state index contributed by atoms with van der Waals surface area (Å²) < 4.78 is 0. The lowest BCUT2D eigenvalue weighted by Crippen LogP contribution is -1.82. The minimum absolute atomic E-state index is 0.399. The number of aliphatic hydroxyl groups is 1. The van der Waals surface area contributed by atoms with Crippen molar-refractivity contribution in [3.8, 4) is 0 Å². The first kappa shape index (κ1) is 4.18. The highest BCUT2D eigenvalue weighted by Crippen LogP contribution is 1.97. The van der Waals surface area contributed by atoms with Gasteiger partial charge in [-0.15, -0.1) is 0 Å². The first-order chi connectivity index (χ1) is 3.43. The highest BCUT2D eigenvalue weighted by molar-refractivity contribution is 5.79. The Kier molecular flexibility index (Phi) is 0.978. The Morgan fingerprint density at radius 3 is 3.14 bits per heavy atom. The molecule has 3 nitrogen and oxygen atoms in total. The van der Waals surface area contributed by atoms with E-state index in [0.29, 0.717) is 12.2 Å². The van der Waals surface area contributed by atoms with Crippen molar-refractivity contribution in [1.82, 2.24) is 0 Å². The normalized spacial score (nSPS) is 23.1. The van der Waals surface area contributed by atoms with Gasteiger partial charge in [-0.25, -0.2) is 0 Å². The largest absolute Gasteiger partial charge is 0.515 e. The van der Waals surface area contributed by atoms with Crippen LogP contribution in [-0.4, -0.2) is 17.9 Å². The van der Waals surface area contributed by atoms with Crippen LogP contribution in [-0.2, 0) is 4.84 Å². The molecule has 1 aliphatic rings. The predicted molar refractivity (Wildman–Crippen MR) is 25.2 cm³/mol. The van der Waals surface area contributed by atoms with Crippen LogP contribution in [0.5, 0.6) is 0 Å². The minimum atomic E-state index is 0.399. The highest BCUT2D eigenvalue weighted by atomic mass is 16.6. The molecule has 0 unspecified atom stereocenters. The lowest BCUT2D eigenvalue weighted by Gasteiger charge is -1.81. The van der Waals surface area contributed by atoms with E-state index in [0.717, 1.165) is 6.26 Å². The van der Waals surface area contributed by atoms with E-state index in [4.69, 9.17) is 5.11 Å². The Morgan fingerprint density at radius 2 is 2.86 bits per heavy atom. The summed E-state index contributed by atoms with van der Waals surface area (Å²) in [7, 11) is 0. The fraction of sp³-hybridized carbons (Fsp3) is 0.250. The molecule has 0 fully saturated rings. The van der Waals surface area contributed by atoms with Crippen molar-refractivity contribution in [2.45, 2.75) is 0 Å². The maximum Gasteiger partial charge on any atom is 0.146 e. The van der Waals surface area contributed by atoms with Crippen LogP contribution in [0.1, 0.15) is 0 Å². The van der Waals surface area contributed by atoms with Crippen molar-refractivity contribution < 1.29 is 9.94 Å². The van der Waals surface area contributed by atoms with Crippen LogP contribution in [0.25, 0.3) is 0 Å². The average molecular weight is 99.1 g/mol. The van der Waals surface area contributed by atoms with Gasteiger partial charge in [-0.1, -0.05) is 5.16 Å². The smallest absolute Gasteiger partial charge is 0.146 e. The Bertz CT molecular complexity index is 114. The molecule has 0 amide bonds. The molecule has 0 bridgehead atoms. The van der Waals surface area contributed by atoms with E-state index in [2.05, 4.69) is 9.99 Å². The molecule has 1 N–H and O–H groups in total. The van der Waals surface area contributed by atoms with Crippen molar-refractivity contribution in [3.63, 3.8) is 0 Å². The molecule has 0 aliphatic carbocycles. The Balaban J connectivity index is 2.59. The zero-order valence-corrected chi connectivity index (χ0v) is 3.66. The summed E-state index contributed by atoms with van der Waals surface area (Å²) in [5.74, 6) is 0. The number of hydrogen-bond acceptors (Lipinski definition) is 3. The van der Waals surface area contributed by atoms with Crippen molar-refractivity contribution in [2.75, 3.05) is 6.61 Å². The second-order valence-electron chi connectivity index (χ2n) is 1.21. The van der Waals surface area contributed by atoms with E-state index < -0.39 is 0 Å². The summed E-state index contributed by atoms with van der Waals surface area (Å²) >= 11 is 0. The SMILES string of the molecule is OC=C1C=NOC1. The van der Waals surface area contributed by atoms with Crippen LogP contribution >= 0.6 is 0 Å². The standard InChI is InChI=1S/C4H5NO2/c6-2-4-1-5-7-3-4/h1-2,6H,3H2. The molecule has 7 heavy (non-hydrogen) atoms. The predicted octanol–water partition coefficient (Wildman–Crippen LogP) is 0.444. The molecule has 1 rings (SSSR count). The molecule has 0 saturated heterocycles. The quantitative estimate of drug-likeness (QED) is 0.448. The molecule has 0 spiro atoms. The van der Waals surface area contributed by atoms with Gasteiger partial charge in [0, 0.05) is 5.57 Å². The first-order valence-electron chi connectivity index (χ1n) is 1.92. The van der Waals surface area contributed by atoms with Crippen LogP contribution in [0.2, 0.25) is 0 Å². The molecule has 1 heterocycles. The first-order valence-corrected chi connectivity index (χ1v) is 1.92. The Labute approximate surface area is 40.9 Å². The van der Waals surface area contributed by atoms with Crippen molar-refractivity contribution in [2.24, 2.45) is 5.16 Å². The summed E-state index contributed by atoms with van der Waals surface area (Å²) in [5, 5.41) is 11.6. The zero-order chi connectivity index (χ0) is 5.11. The van der Waals surface area contributed by atoms with Crippen LogP contribution in [0.3, 0.4) is 0 Å². The summed E-state index contributed by atoms with van der Waals surface area (Å²) in [6.45, 7) is 0.399. The average Bonchev–Trinajstić information content (AvgIpc) is 2.14. The van der Waals surface area contributed by atoms with E-state index in [1.54, 1.807) is 0 Å².